The highest BCUT2D eigenvalue weighted by molar-refractivity contribution is 7.44. The second-order valence-electron chi connectivity index (χ2n) is 10.5. The number of carbonyl (C=O) groups excluding carboxylic acids is 4. The molecule has 1 fully saturated rings. The molecule has 2 rings (SSSR count). The number of hydrogen-bond acceptors (Lipinski definition) is 12. The summed E-state index contributed by atoms with van der Waals surface area (Å²) < 4.78 is 42.4. The van der Waals surface area contributed by atoms with Gasteiger partial charge in [0.1, 0.15) is 18.8 Å². The molecule has 0 N–H and O–H groups in total. The number of hydrogen-bond donors (Lipinski definition) is 0. The molecule has 1 aromatic carbocycles. The first kappa shape index (κ1) is 35.6. The van der Waals surface area contributed by atoms with Crippen LogP contribution in [0.2, 0.25) is 0 Å². The Labute approximate surface area is 249 Å². The van der Waals surface area contributed by atoms with E-state index in [0.717, 1.165) is 5.56 Å². The van der Waals surface area contributed by atoms with Crippen molar-refractivity contribution in [1.82, 2.24) is 4.67 Å². The van der Waals surface area contributed by atoms with Gasteiger partial charge in [0.2, 0.25) is 0 Å². The summed E-state index contributed by atoms with van der Waals surface area (Å²) in [5.41, 5.74) is -0.793. The van der Waals surface area contributed by atoms with E-state index >= 15 is 0 Å². The van der Waals surface area contributed by atoms with Crippen molar-refractivity contribution in [2.45, 2.75) is 104 Å². The summed E-state index contributed by atoms with van der Waals surface area (Å²) >= 11 is 0. The Morgan fingerprint density at radius 3 is 2.00 bits per heavy atom. The van der Waals surface area contributed by atoms with Gasteiger partial charge in [-0.1, -0.05) is 30.3 Å². The molecule has 236 valence electrons. The zero-order chi connectivity index (χ0) is 31.4. The molecule has 12 nitrogen and oxygen atoms in total. The molecular weight excluding hydrogens is 569 g/mol. The summed E-state index contributed by atoms with van der Waals surface area (Å²) in [4.78, 5) is 49.1. The summed E-state index contributed by atoms with van der Waals surface area (Å²) in [6, 6.07) is 9.50. The van der Waals surface area contributed by atoms with Gasteiger partial charge in [0, 0.05) is 45.7 Å². The highest BCUT2D eigenvalue weighted by atomic mass is 31.2. The number of benzene rings is 1. The van der Waals surface area contributed by atoms with Gasteiger partial charge < -0.3 is 32.7 Å². The lowest BCUT2D eigenvalue weighted by molar-refractivity contribution is -0.212. The van der Waals surface area contributed by atoms with Crippen molar-refractivity contribution in [1.29, 1.82) is 0 Å². The maximum Gasteiger partial charge on any atom is 0.338 e. The highest BCUT2D eigenvalue weighted by Gasteiger charge is 2.57. The Kier molecular flexibility index (Phi) is 14.3. The van der Waals surface area contributed by atoms with Crippen LogP contribution in [0.5, 0.6) is 0 Å². The van der Waals surface area contributed by atoms with E-state index in [1.165, 1.54) is 27.9 Å². The smallest absolute Gasteiger partial charge is 0.338 e. The lowest BCUT2D eigenvalue weighted by Gasteiger charge is -2.47. The van der Waals surface area contributed by atoms with Gasteiger partial charge in [0.05, 0.1) is 20.3 Å². The Morgan fingerprint density at radius 2 is 1.48 bits per heavy atom. The van der Waals surface area contributed by atoms with Gasteiger partial charge in [-0.15, -0.1) is 0 Å². The molecule has 1 aromatic rings. The van der Waals surface area contributed by atoms with Gasteiger partial charge in [0.15, 0.2) is 11.7 Å². The molecule has 5 atom stereocenters. The van der Waals surface area contributed by atoms with Crippen molar-refractivity contribution in [2.24, 2.45) is 0 Å². The summed E-state index contributed by atoms with van der Waals surface area (Å²) in [5.74, 6) is -2.49. The van der Waals surface area contributed by atoms with Crippen molar-refractivity contribution in [3.05, 3.63) is 35.9 Å². The van der Waals surface area contributed by atoms with E-state index < -0.39 is 56.3 Å². The van der Waals surface area contributed by atoms with Gasteiger partial charge in [-0.05, 0) is 33.3 Å². The quantitative estimate of drug-likeness (QED) is 0.122. The molecule has 42 heavy (non-hydrogen) atoms. The number of carbonyl (C=O) groups is 4. The Balaban J connectivity index is 2.54. The number of methoxy groups -OCH3 is 1. The normalized spacial score (nSPS) is 23.0. The molecule has 0 saturated heterocycles. The van der Waals surface area contributed by atoms with Crippen LogP contribution in [0.25, 0.3) is 0 Å². The van der Waals surface area contributed by atoms with E-state index in [2.05, 4.69) is 0 Å². The molecule has 0 aliphatic heterocycles. The highest BCUT2D eigenvalue weighted by Crippen LogP contribution is 2.53. The lowest BCUT2D eigenvalue weighted by atomic mass is 9.79. The summed E-state index contributed by atoms with van der Waals surface area (Å²) in [7, 11) is -0.656. The van der Waals surface area contributed by atoms with Crippen LogP contribution in [0.3, 0.4) is 0 Å². The molecule has 1 unspecified atom stereocenters. The third-order valence-corrected chi connectivity index (χ3v) is 8.53. The van der Waals surface area contributed by atoms with Crippen molar-refractivity contribution in [2.75, 3.05) is 20.3 Å². The minimum Gasteiger partial charge on any atom is -0.467 e. The third kappa shape index (κ3) is 10.6. The first-order chi connectivity index (χ1) is 19.8. The largest absolute Gasteiger partial charge is 0.467 e. The van der Waals surface area contributed by atoms with Crippen LogP contribution in [0.15, 0.2) is 30.3 Å². The van der Waals surface area contributed by atoms with Gasteiger partial charge in [0.25, 0.3) is 8.53 Å². The predicted molar refractivity (Wildman–Crippen MR) is 153 cm³/mol. The van der Waals surface area contributed by atoms with Crippen LogP contribution in [0, 0.1) is 0 Å². The van der Waals surface area contributed by atoms with Crippen molar-refractivity contribution >= 4 is 32.4 Å². The van der Waals surface area contributed by atoms with E-state index in [1.807, 2.05) is 62.7 Å². The van der Waals surface area contributed by atoms with E-state index in [0.29, 0.717) is 0 Å². The Morgan fingerprint density at radius 1 is 0.881 bits per heavy atom. The second-order valence-corrected chi connectivity index (χ2v) is 11.9. The fraction of sp³-hybridized carbons (Fsp3) is 0.655. The van der Waals surface area contributed by atoms with Gasteiger partial charge in [-0.2, -0.15) is 0 Å². The Bertz CT molecular complexity index is 1030. The van der Waals surface area contributed by atoms with Crippen molar-refractivity contribution in [3.63, 3.8) is 0 Å². The molecule has 0 radical (unpaired) electrons. The average Bonchev–Trinajstić information content (AvgIpc) is 2.90. The summed E-state index contributed by atoms with van der Waals surface area (Å²) in [5, 5.41) is 0. The number of rotatable bonds is 15. The monoisotopic (exact) mass is 613 g/mol. The van der Waals surface area contributed by atoms with E-state index in [1.54, 1.807) is 0 Å². The Hall–Kier alpha value is -2.63. The van der Waals surface area contributed by atoms with E-state index in [-0.39, 0.29) is 44.7 Å². The molecule has 1 aliphatic carbocycles. The van der Waals surface area contributed by atoms with Crippen molar-refractivity contribution in [3.8, 4) is 0 Å². The maximum atomic E-state index is 13.6. The van der Waals surface area contributed by atoms with Gasteiger partial charge >= 0.3 is 23.9 Å². The van der Waals surface area contributed by atoms with Crippen LogP contribution in [-0.4, -0.2) is 84.9 Å². The predicted octanol–water partition coefficient (Wildman–Crippen LogP) is 4.08. The molecule has 0 heterocycles. The van der Waals surface area contributed by atoms with Crippen LogP contribution in [-0.2, 0) is 58.5 Å². The fourth-order valence-corrected chi connectivity index (χ4v) is 6.66. The zero-order valence-electron chi connectivity index (χ0n) is 25.7. The van der Waals surface area contributed by atoms with Crippen LogP contribution < -0.4 is 0 Å². The third-order valence-electron chi connectivity index (χ3n) is 6.38. The number of ether oxygens (including phenoxy) is 5. The molecule has 1 aliphatic rings. The minimum absolute atomic E-state index is 0.0287. The first-order valence-electron chi connectivity index (χ1n) is 13.9. The van der Waals surface area contributed by atoms with Crippen molar-refractivity contribution < 1.29 is 51.9 Å². The zero-order valence-corrected chi connectivity index (χ0v) is 26.6. The molecule has 0 aromatic heterocycles. The SMILES string of the molecule is COC(=O)[C@@]1(OP(OCc2ccccc2)N(C(C)C)C(C)C)C[C@@H](OCCOC(C)=O)[C@H](OC(C)=O)[C@H](OC(C)=O)C1. The number of nitrogens with zero attached hydrogens (tertiary/aromatic N) is 1. The first-order valence-corrected chi connectivity index (χ1v) is 15.0. The maximum absolute atomic E-state index is 13.6. The average molecular weight is 614 g/mol. The molecule has 0 amide bonds. The summed E-state index contributed by atoms with van der Waals surface area (Å²) in [6.45, 7) is 11.7. The summed E-state index contributed by atoms with van der Waals surface area (Å²) in [6.07, 6.45) is -3.46. The molecule has 0 spiro atoms. The van der Waals surface area contributed by atoms with Crippen LogP contribution in [0.4, 0.5) is 0 Å². The van der Waals surface area contributed by atoms with E-state index in [9.17, 15) is 19.2 Å². The minimum atomic E-state index is -1.89. The van der Waals surface area contributed by atoms with Crippen LogP contribution >= 0.6 is 8.53 Å². The van der Waals surface area contributed by atoms with Gasteiger partial charge in [-0.3, -0.25) is 14.4 Å². The molecular formula is C29H44NO11P. The van der Waals surface area contributed by atoms with E-state index in [4.69, 9.17) is 32.7 Å². The molecule has 13 heteroatoms. The lowest BCUT2D eigenvalue weighted by Crippen LogP contribution is -2.60. The van der Waals surface area contributed by atoms with Gasteiger partial charge in [-0.25, -0.2) is 9.46 Å². The molecule has 0 bridgehead atoms. The standard InChI is InChI=1S/C29H44NO11P/c1-19(2)30(20(3)4)42(38-18-24-12-10-9-11-13-24)41-29(28(34)35-8)16-25(37-15-14-36-21(5)31)27(40-23(7)33)26(17-29)39-22(6)32/h9-13,19-20,25-27H,14-18H2,1-8H3/t25-,26-,27+,29-,42?/m1/s1. The number of esters is 4. The second kappa shape index (κ2) is 16.9. The topological polar surface area (TPSA) is 136 Å². The fourth-order valence-electron chi connectivity index (χ4n) is 4.84. The van der Waals surface area contributed by atoms with Crippen LogP contribution in [0.1, 0.15) is 66.9 Å². The molecule has 1 saturated carbocycles.